The second kappa shape index (κ2) is 7.01. The number of halogens is 1. The van der Waals surface area contributed by atoms with E-state index in [4.69, 9.17) is 11.6 Å². The molecule has 5 heteroatoms. The van der Waals surface area contributed by atoms with Crippen molar-refractivity contribution in [2.45, 2.75) is 12.8 Å². The second-order valence-corrected chi connectivity index (χ2v) is 4.09. The summed E-state index contributed by atoms with van der Waals surface area (Å²) in [5.74, 6) is 0.0228. The van der Waals surface area contributed by atoms with Crippen molar-refractivity contribution in [3.05, 3.63) is 35.4 Å². The molecule has 0 spiro atoms. The average molecular weight is 269 g/mol. The molecule has 0 aliphatic carbocycles. The molecular formula is C13H17ClN2O2. The van der Waals surface area contributed by atoms with E-state index in [-0.39, 0.29) is 18.4 Å². The number of hydrogen-bond acceptors (Lipinski definition) is 2. The Bertz CT molecular complexity index is 435. The summed E-state index contributed by atoms with van der Waals surface area (Å²) in [4.78, 5) is 25.0. The predicted octanol–water partition coefficient (Wildman–Crippen LogP) is 1.63. The van der Waals surface area contributed by atoms with E-state index in [1.54, 1.807) is 25.2 Å². The minimum atomic E-state index is -0.182. The molecular weight excluding hydrogens is 252 g/mol. The van der Waals surface area contributed by atoms with Crippen LogP contribution in [0.3, 0.4) is 0 Å². The first-order chi connectivity index (χ1) is 8.62. The Morgan fingerprint density at radius 1 is 1.39 bits per heavy atom. The van der Waals surface area contributed by atoms with E-state index in [2.05, 4.69) is 5.32 Å². The third-order valence-corrected chi connectivity index (χ3v) is 2.92. The van der Waals surface area contributed by atoms with Crippen LogP contribution in [0.5, 0.6) is 0 Å². The van der Waals surface area contributed by atoms with Gasteiger partial charge in [-0.1, -0.05) is 12.1 Å². The van der Waals surface area contributed by atoms with Gasteiger partial charge in [0.05, 0.1) is 6.54 Å². The maximum atomic E-state index is 12.2. The van der Waals surface area contributed by atoms with Gasteiger partial charge in [0.25, 0.3) is 5.91 Å². The van der Waals surface area contributed by atoms with Crippen molar-refractivity contribution in [3.8, 4) is 0 Å². The zero-order valence-electron chi connectivity index (χ0n) is 10.6. The molecule has 0 radical (unpaired) electrons. The van der Waals surface area contributed by atoms with Crippen molar-refractivity contribution < 1.29 is 9.59 Å². The lowest BCUT2D eigenvalue weighted by Gasteiger charge is -2.20. The van der Waals surface area contributed by atoms with Crippen LogP contribution in [0.4, 0.5) is 0 Å². The fourth-order valence-electron chi connectivity index (χ4n) is 1.55. The lowest BCUT2D eigenvalue weighted by molar-refractivity contribution is -0.121. The molecule has 1 aromatic rings. The quantitative estimate of drug-likeness (QED) is 0.826. The van der Waals surface area contributed by atoms with Gasteiger partial charge in [0, 0.05) is 25.0 Å². The topological polar surface area (TPSA) is 49.4 Å². The number of amides is 2. The number of nitrogens with one attached hydrogen (secondary N) is 1. The molecule has 0 aliphatic rings. The van der Waals surface area contributed by atoms with Gasteiger partial charge in [0.15, 0.2) is 0 Å². The van der Waals surface area contributed by atoms with Crippen LogP contribution < -0.4 is 5.32 Å². The highest BCUT2D eigenvalue weighted by atomic mass is 35.5. The minimum absolute atomic E-state index is 0.0664. The van der Waals surface area contributed by atoms with Crippen LogP contribution in [0, 0.1) is 0 Å². The van der Waals surface area contributed by atoms with Gasteiger partial charge < -0.3 is 10.2 Å². The van der Waals surface area contributed by atoms with Gasteiger partial charge in [0.2, 0.25) is 5.91 Å². The lowest BCUT2D eigenvalue weighted by atomic mass is 10.1. The summed E-state index contributed by atoms with van der Waals surface area (Å²) in [6.07, 6.45) is 0. The second-order valence-electron chi connectivity index (χ2n) is 3.83. The first-order valence-corrected chi connectivity index (χ1v) is 6.30. The Morgan fingerprint density at radius 2 is 2.11 bits per heavy atom. The van der Waals surface area contributed by atoms with Crippen LogP contribution >= 0.6 is 11.6 Å². The molecule has 0 fully saturated rings. The summed E-state index contributed by atoms with van der Waals surface area (Å²) < 4.78 is 0. The molecule has 0 atom stereocenters. The molecule has 0 aromatic heterocycles. The van der Waals surface area contributed by atoms with Crippen LogP contribution in [-0.2, 0) is 10.7 Å². The van der Waals surface area contributed by atoms with Crippen LogP contribution in [0.1, 0.15) is 22.8 Å². The number of likely N-dealkylation sites (N-methyl/N-ethyl adjacent to an activating group) is 2. The SMILES string of the molecule is CCN(CC(=O)NC)C(=O)c1cccc(CCl)c1. The van der Waals surface area contributed by atoms with Crippen molar-refractivity contribution in [3.63, 3.8) is 0 Å². The molecule has 0 unspecified atom stereocenters. The zero-order valence-corrected chi connectivity index (χ0v) is 11.3. The Kier molecular flexibility index (Phi) is 5.65. The highest BCUT2D eigenvalue weighted by Crippen LogP contribution is 2.10. The van der Waals surface area contributed by atoms with E-state index in [0.29, 0.717) is 18.0 Å². The van der Waals surface area contributed by atoms with Gasteiger partial charge in [-0.15, -0.1) is 11.6 Å². The third-order valence-electron chi connectivity index (χ3n) is 2.61. The van der Waals surface area contributed by atoms with Gasteiger partial charge in [-0.05, 0) is 24.6 Å². The Hall–Kier alpha value is -1.55. The largest absolute Gasteiger partial charge is 0.358 e. The number of benzene rings is 1. The summed E-state index contributed by atoms with van der Waals surface area (Å²) in [6.45, 7) is 2.39. The molecule has 0 bridgehead atoms. The van der Waals surface area contributed by atoms with Gasteiger partial charge in [-0.2, -0.15) is 0 Å². The van der Waals surface area contributed by atoms with Crippen molar-refractivity contribution in [2.24, 2.45) is 0 Å². The molecule has 0 aliphatic heterocycles. The highest BCUT2D eigenvalue weighted by molar-refractivity contribution is 6.17. The number of nitrogens with zero attached hydrogens (tertiary/aromatic N) is 1. The molecule has 1 rings (SSSR count). The van der Waals surface area contributed by atoms with Crippen LogP contribution in [0.15, 0.2) is 24.3 Å². The maximum Gasteiger partial charge on any atom is 0.254 e. The standard InChI is InChI=1S/C13H17ClN2O2/c1-3-16(9-12(17)15-2)13(18)11-6-4-5-10(7-11)8-14/h4-7H,3,8-9H2,1-2H3,(H,15,17). The Labute approximate surface area is 112 Å². The summed E-state index contributed by atoms with van der Waals surface area (Å²) in [5, 5.41) is 2.50. The van der Waals surface area contributed by atoms with Crippen molar-refractivity contribution in [1.29, 1.82) is 0 Å². The first kappa shape index (κ1) is 14.5. The van der Waals surface area contributed by atoms with Gasteiger partial charge >= 0.3 is 0 Å². The molecule has 18 heavy (non-hydrogen) atoms. The normalized spacial score (nSPS) is 9.94. The van der Waals surface area contributed by atoms with Crippen LogP contribution in [-0.4, -0.2) is 36.9 Å². The molecule has 1 N–H and O–H groups in total. The van der Waals surface area contributed by atoms with Gasteiger partial charge in [0.1, 0.15) is 0 Å². The molecule has 0 saturated carbocycles. The highest BCUT2D eigenvalue weighted by Gasteiger charge is 2.16. The van der Waals surface area contributed by atoms with Crippen molar-refractivity contribution in [2.75, 3.05) is 20.1 Å². The molecule has 2 amide bonds. The number of carbonyl (C=O) groups excluding carboxylic acids is 2. The van der Waals surface area contributed by atoms with E-state index >= 15 is 0 Å². The van der Waals surface area contributed by atoms with Crippen molar-refractivity contribution in [1.82, 2.24) is 10.2 Å². The van der Waals surface area contributed by atoms with E-state index in [0.717, 1.165) is 5.56 Å². The summed E-state index contributed by atoms with van der Waals surface area (Å²) in [7, 11) is 1.55. The summed E-state index contributed by atoms with van der Waals surface area (Å²) in [6, 6.07) is 7.13. The lowest BCUT2D eigenvalue weighted by Crippen LogP contribution is -2.39. The summed E-state index contributed by atoms with van der Waals surface area (Å²) in [5.41, 5.74) is 1.44. The Balaban J connectivity index is 2.85. The predicted molar refractivity (Wildman–Crippen MR) is 71.6 cm³/mol. The molecule has 0 saturated heterocycles. The van der Waals surface area contributed by atoms with Gasteiger partial charge in [-0.25, -0.2) is 0 Å². The first-order valence-electron chi connectivity index (χ1n) is 5.77. The van der Waals surface area contributed by atoms with E-state index in [1.807, 2.05) is 13.0 Å². The third kappa shape index (κ3) is 3.74. The van der Waals surface area contributed by atoms with Gasteiger partial charge in [-0.3, -0.25) is 9.59 Å². The number of carbonyl (C=O) groups is 2. The molecule has 98 valence electrons. The van der Waals surface area contributed by atoms with E-state index in [1.165, 1.54) is 4.90 Å². The number of alkyl halides is 1. The molecule has 0 heterocycles. The summed E-state index contributed by atoms with van der Waals surface area (Å²) >= 11 is 5.73. The monoisotopic (exact) mass is 268 g/mol. The van der Waals surface area contributed by atoms with E-state index < -0.39 is 0 Å². The number of hydrogen-bond donors (Lipinski definition) is 1. The zero-order chi connectivity index (χ0) is 13.5. The number of rotatable bonds is 5. The fourth-order valence-corrected chi connectivity index (χ4v) is 1.72. The maximum absolute atomic E-state index is 12.2. The minimum Gasteiger partial charge on any atom is -0.358 e. The average Bonchev–Trinajstić information content (AvgIpc) is 2.43. The van der Waals surface area contributed by atoms with E-state index in [9.17, 15) is 9.59 Å². The van der Waals surface area contributed by atoms with Crippen molar-refractivity contribution >= 4 is 23.4 Å². The van der Waals surface area contributed by atoms with Crippen LogP contribution in [0.2, 0.25) is 0 Å². The van der Waals surface area contributed by atoms with Crippen LogP contribution in [0.25, 0.3) is 0 Å². The molecule has 4 nitrogen and oxygen atoms in total. The smallest absolute Gasteiger partial charge is 0.254 e. The molecule has 1 aromatic carbocycles. The fraction of sp³-hybridized carbons (Fsp3) is 0.385. The Morgan fingerprint density at radius 3 is 2.67 bits per heavy atom.